The molecule has 9 heteroatoms. The Bertz CT molecular complexity index is 684. The van der Waals surface area contributed by atoms with Crippen molar-refractivity contribution >= 4 is 15.9 Å². The maximum Gasteiger partial charge on any atom is 0.247 e. The molecule has 1 heterocycles. The lowest BCUT2D eigenvalue weighted by Gasteiger charge is -2.34. The van der Waals surface area contributed by atoms with Crippen molar-refractivity contribution in [3.63, 3.8) is 0 Å². The van der Waals surface area contributed by atoms with Gasteiger partial charge in [-0.25, -0.2) is 8.42 Å². The summed E-state index contributed by atoms with van der Waals surface area (Å²) in [4.78, 5) is 13.6. The number of hydrogen-bond acceptors (Lipinski definition) is 6. The molecule has 24 heavy (non-hydrogen) atoms. The lowest BCUT2D eigenvalue weighted by molar-refractivity contribution is -0.131. The Kier molecular flexibility index (Phi) is 6.03. The number of amides is 1. The van der Waals surface area contributed by atoms with Gasteiger partial charge in [-0.05, 0) is 19.2 Å². The Hall–Kier alpha value is -1.84. The monoisotopic (exact) mass is 357 g/mol. The lowest BCUT2D eigenvalue weighted by atomic mass is 10.3. The van der Waals surface area contributed by atoms with Crippen LogP contribution in [-0.2, 0) is 14.8 Å². The predicted octanol–water partition coefficient (Wildman–Crippen LogP) is -0.244. The van der Waals surface area contributed by atoms with Crippen LogP contribution in [0.15, 0.2) is 23.1 Å². The second kappa shape index (κ2) is 7.82. The first-order valence-electron chi connectivity index (χ1n) is 7.58. The zero-order valence-electron chi connectivity index (χ0n) is 14.1. The van der Waals surface area contributed by atoms with E-state index in [1.165, 1.54) is 24.6 Å². The van der Waals surface area contributed by atoms with E-state index in [4.69, 9.17) is 9.47 Å². The fraction of sp³-hybridized carbons (Fsp3) is 0.533. The summed E-state index contributed by atoms with van der Waals surface area (Å²) in [5, 5.41) is 2.81. The van der Waals surface area contributed by atoms with E-state index in [1.54, 1.807) is 24.1 Å². The van der Waals surface area contributed by atoms with Crippen LogP contribution in [0, 0.1) is 0 Å². The van der Waals surface area contributed by atoms with Gasteiger partial charge in [-0.2, -0.15) is 4.31 Å². The van der Waals surface area contributed by atoms with Crippen molar-refractivity contribution in [3.8, 4) is 11.5 Å². The molecule has 1 fully saturated rings. The fourth-order valence-electron chi connectivity index (χ4n) is 2.57. The largest absolute Gasteiger partial charge is 0.497 e. The minimum atomic E-state index is -3.72. The third-order valence-electron chi connectivity index (χ3n) is 3.91. The molecule has 0 unspecified atom stereocenters. The maximum absolute atomic E-state index is 12.9. The van der Waals surface area contributed by atoms with Crippen LogP contribution in [0.1, 0.15) is 0 Å². The number of nitrogens with zero attached hydrogens (tertiary/aromatic N) is 2. The first-order valence-corrected chi connectivity index (χ1v) is 9.02. The van der Waals surface area contributed by atoms with Gasteiger partial charge >= 0.3 is 0 Å². The van der Waals surface area contributed by atoms with E-state index in [0.29, 0.717) is 18.8 Å². The topological polar surface area (TPSA) is 88.2 Å². The van der Waals surface area contributed by atoms with E-state index in [9.17, 15) is 13.2 Å². The molecule has 0 atom stereocenters. The molecule has 1 N–H and O–H groups in total. The molecule has 1 amide bonds. The van der Waals surface area contributed by atoms with Crippen molar-refractivity contribution in [3.05, 3.63) is 18.2 Å². The minimum Gasteiger partial charge on any atom is -0.497 e. The molecule has 1 aromatic rings. The third-order valence-corrected chi connectivity index (χ3v) is 5.83. The van der Waals surface area contributed by atoms with Crippen LogP contribution < -0.4 is 14.8 Å². The number of ether oxygens (including phenoxy) is 2. The molecule has 0 aromatic heterocycles. The van der Waals surface area contributed by atoms with Gasteiger partial charge in [-0.1, -0.05) is 0 Å². The normalized spacial score (nSPS) is 16.0. The summed E-state index contributed by atoms with van der Waals surface area (Å²) < 4.78 is 37.5. The Morgan fingerprint density at radius 1 is 1.17 bits per heavy atom. The van der Waals surface area contributed by atoms with Crippen molar-refractivity contribution in [2.75, 3.05) is 54.0 Å². The number of benzene rings is 1. The summed E-state index contributed by atoms with van der Waals surface area (Å²) in [6.45, 7) is 1.48. The van der Waals surface area contributed by atoms with Gasteiger partial charge in [-0.3, -0.25) is 4.79 Å². The standard InChI is InChI=1S/C15H23N3O5S/c1-16-11-15(19)17-6-8-18(9-7-17)24(20,21)14-10-12(22-2)4-5-13(14)23-3/h4-5,10,16H,6-9,11H2,1-3H3. The van der Waals surface area contributed by atoms with Gasteiger partial charge in [0.2, 0.25) is 15.9 Å². The number of nitrogens with one attached hydrogen (secondary N) is 1. The van der Waals surface area contributed by atoms with Gasteiger partial charge in [0.15, 0.2) is 0 Å². The molecule has 2 rings (SSSR count). The number of likely N-dealkylation sites (N-methyl/N-ethyl adjacent to an activating group) is 1. The first-order chi connectivity index (χ1) is 11.4. The smallest absolute Gasteiger partial charge is 0.247 e. The Morgan fingerprint density at radius 2 is 1.83 bits per heavy atom. The summed E-state index contributed by atoms with van der Waals surface area (Å²) in [7, 11) is 0.880. The average molecular weight is 357 g/mol. The van der Waals surface area contributed by atoms with Crippen LogP contribution in [0.5, 0.6) is 11.5 Å². The van der Waals surface area contributed by atoms with Crippen LogP contribution in [-0.4, -0.2) is 77.5 Å². The molecule has 1 aliphatic heterocycles. The Labute approximate surface area is 142 Å². The molecule has 0 spiro atoms. The van der Waals surface area contributed by atoms with Crippen LogP contribution in [0.25, 0.3) is 0 Å². The van der Waals surface area contributed by atoms with E-state index in [1.807, 2.05) is 0 Å². The highest BCUT2D eigenvalue weighted by atomic mass is 32.2. The highest BCUT2D eigenvalue weighted by Gasteiger charge is 2.32. The second-order valence-electron chi connectivity index (χ2n) is 5.33. The molecule has 0 saturated carbocycles. The zero-order chi connectivity index (χ0) is 17.7. The van der Waals surface area contributed by atoms with Crippen LogP contribution in [0.2, 0.25) is 0 Å². The molecule has 0 aliphatic carbocycles. The predicted molar refractivity (Wildman–Crippen MR) is 88.8 cm³/mol. The van der Waals surface area contributed by atoms with Gasteiger partial charge in [0, 0.05) is 32.2 Å². The molecule has 0 radical (unpaired) electrons. The van der Waals surface area contributed by atoms with Crippen LogP contribution in [0.4, 0.5) is 0 Å². The van der Waals surface area contributed by atoms with Crippen molar-refractivity contribution in [1.82, 2.24) is 14.5 Å². The molecular weight excluding hydrogens is 334 g/mol. The summed E-state index contributed by atoms with van der Waals surface area (Å²) >= 11 is 0. The summed E-state index contributed by atoms with van der Waals surface area (Å²) in [6.07, 6.45) is 0. The summed E-state index contributed by atoms with van der Waals surface area (Å²) in [6, 6.07) is 4.66. The van der Waals surface area contributed by atoms with Crippen molar-refractivity contribution in [2.45, 2.75) is 4.90 Å². The van der Waals surface area contributed by atoms with Gasteiger partial charge in [-0.15, -0.1) is 0 Å². The van der Waals surface area contributed by atoms with Crippen LogP contribution in [0.3, 0.4) is 0 Å². The summed E-state index contributed by atoms with van der Waals surface area (Å²) in [5.74, 6) is 0.676. The molecular formula is C15H23N3O5S. The number of carbonyl (C=O) groups is 1. The molecule has 134 valence electrons. The minimum absolute atomic E-state index is 0.0338. The van der Waals surface area contributed by atoms with Crippen molar-refractivity contribution in [1.29, 1.82) is 0 Å². The molecule has 1 saturated heterocycles. The SMILES string of the molecule is CNCC(=O)N1CCN(S(=O)(=O)c2cc(OC)ccc2OC)CC1. The van der Waals surface area contributed by atoms with E-state index < -0.39 is 10.0 Å². The highest BCUT2D eigenvalue weighted by Crippen LogP contribution is 2.31. The van der Waals surface area contributed by atoms with E-state index >= 15 is 0 Å². The number of piperazine rings is 1. The zero-order valence-corrected chi connectivity index (χ0v) is 14.9. The fourth-order valence-corrected chi connectivity index (χ4v) is 4.16. The Morgan fingerprint density at radius 3 is 2.38 bits per heavy atom. The molecule has 1 aliphatic rings. The van der Waals surface area contributed by atoms with Gasteiger partial charge in [0.05, 0.1) is 20.8 Å². The highest BCUT2D eigenvalue weighted by molar-refractivity contribution is 7.89. The van der Waals surface area contributed by atoms with Crippen LogP contribution >= 0.6 is 0 Å². The first kappa shape index (κ1) is 18.5. The lowest BCUT2D eigenvalue weighted by Crippen LogP contribution is -2.52. The molecule has 1 aromatic carbocycles. The number of carbonyl (C=O) groups excluding carboxylic acids is 1. The van der Waals surface area contributed by atoms with Crippen molar-refractivity contribution in [2.24, 2.45) is 0 Å². The van der Waals surface area contributed by atoms with Crippen molar-refractivity contribution < 1.29 is 22.7 Å². The number of sulfonamides is 1. The quantitative estimate of drug-likeness (QED) is 0.756. The van der Waals surface area contributed by atoms with E-state index in [-0.39, 0.29) is 36.2 Å². The summed E-state index contributed by atoms with van der Waals surface area (Å²) in [5.41, 5.74) is 0. The van der Waals surface area contributed by atoms with Gasteiger partial charge in [0.25, 0.3) is 0 Å². The number of rotatable bonds is 6. The molecule has 0 bridgehead atoms. The molecule has 8 nitrogen and oxygen atoms in total. The third kappa shape index (κ3) is 3.80. The maximum atomic E-state index is 12.9. The number of hydrogen-bond donors (Lipinski definition) is 1. The van der Waals surface area contributed by atoms with E-state index in [2.05, 4.69) is 5.32 Å². The van der Waals surface area contributed by atoms with Gasteiger partial charge < -0.3 is 19.7 Å². The second-order valence-corrected chi connectivity index (χ2v) is 7.24. The Balaban J connectivity index is 2.19. The number of methoxy groups -OCH3 is 2. The van der Waals surface area contributed by atoms with Gasteiger partial charge in [0.1, 0.15) is 16.4 Å². The van der Waals surface area contributed by atoms with E-state index in [0.717, 1.165) is 0 Å². The average Bonchev–Trinajstić information content (AvgIpc) is 2.61.